The Bertz CT molecular complexity index is 327. The lowest BCUT2D eigenvalue weighted by atomic mass is 10.4. The number of aromatic nitrogens is 1. The van der Waals surface area contributed by atoms with Gasteiger partial charge in [-0.05, 0) is 6.42 Å². The first-order chi connectivity index (χ1) is 6.77. The van der Waals surface area contributed by atoms with E-state index in [1.165, 1.54) is 0 Å². The average Bonchev–Trinajstić information content (AvgIpc) is 2.54. The van der Waals surface area contributed by atoms with Crippen LogP contribution in [-0.2, 0) is 11.2 Å². The van der Waals surface area contributed by atoms with Crippen molar-refractivity contribution in [1.82, 2.24) is 4.98 Å². The smallest absolute Gasteiger partial charge is 0.229 e. The van der Waals surface area contributed by atoms with Crippen molar-refractivity contribution in [2.24, 2.45) is 0 Å². The summed E-state index contributed by atoms with van der Waals surface area (Å²) in [7, 11) is 0. The Labute approximate surface area is 82.5 Å². The highest BCUT2D eigenvalue weighted by atomic mass is 16.5. The van der Waals surface area contributed by atoms with Crippen molar-refractivity contribution in [2.75, 3.05) is 18.9 Å². The third kappa shape index (κ3) is 2.75. The SMILES string of the molecule is CCCOCCc1nc(C#N)c(N)o1. The van der Waals surface area contributed by atoms with E-state index in [4.69, 9.17) is 20.1 Å². The second kappa shape index (κ2) is 5.25. The standard InChI is InChI=1S/C9H13N3O2/c1-2-4-13-5-3-8-12-7(6-10)9(11)14-8/h2-5,11H2,1H3. The van der Waals surface area contributed by atoms with Gasteiger partial charge in [0.05, 0.1) is 6.61 Å². The van der Waals surface area contributed by atoms with Crippen molar-refractivity contribution >= 4 is 5.88 Å². The minimum absolute atomic E-state index is 0.0815. The summed E-state index contributed by atoms with van der Waals surface area (Å²) >= 11 is 0. The molecule has 0 bridgehead atoms. The maximum atomic E-state index is 8.56. The molecule has 0 unspecified atom stereocenters. The molecule has 14 heavy (non-hydrogen) atoms. The van der Waals surface area contributed by atoms with E-state index in [1.54, 1.807) is 0 Å². The van der Waals surface area contributed by atoms with Gasteiger partial charge in [-0.1, -0.05) is 6.92 Å². The van der Waals surface area contributed by atoms with Crippen LogP contribution < -0.4 is 5.73 Å². The van der Waals surface area contributed by atoms with E-state index in [0.717, 1.165) is 13.0 Å². The third-order valence-corrected chi connectivity index (χ3v) is 1.61. The molecular formula is C9H13N3O2. The summed E-state index contributed by atoms with van der Waals surface area (Å²) < 4.78 is 10.3. The van der Waals surface area contributed by atoms with Gasteiger partial charge >= 0.3 is 0 Å². The van der Waals surface area contributed by atoms with Crippen LogP contribution in [0.3, 0.4) is 0 Å². The fourth-order valence-electron chi connectivity index (χ4n) is 0.971. The van der Waals surface area contributed by atoms with Gasteiger partial charge in [-0.15, -0.1) is 0 Å². The summed E-state index contributed by atoms with van der Waals surface area (Å²) in [6, 6.07) is 1.85. The molecular weight excluding hydrogens is 182 g/mol. The summed E-state index contributed by atoms with van der Waals surface area (Å²) in [5, 5.41) is 8.56. The average molecular weight is 195 g/mol. The van der Waals surface area contributed by atoms with E-state index in [2.05, 4.69) is 4.98 Å². The molecule has 0 fully saturated rings. The summed E-state index contributed by atoms with van der Waals surface area (Å²) in [5.74, 6) is 0.535. The van der Waals surface area contributed by atoms with E-state index >= 15 is 0 Å². The Morgan fingerprint density at radius 1 is 1.57 bits per heavy atom. The number of nitrogens with zero attached hydrogens (tertiary/aromatic N) is 2. The molecule has 0 atom stereocenters. The number of nitrogens with two attached hydrogens (primary N) is 1. The van der Waals surface area contributed by atoms with Crippen molar-refractivity contribution in [3.05, 3.63) is 11.6 Å². The number of hydrogen-bond acceptors (Lipinski definition) is 5. The molecule has 0 aliphatic heterocycles. The van der Waals surface area contributed by atoms with Gasteiger partial charge in [0, 0.05) is 13.0 Å². The second-order valence-electron chi connectivity index (χ2n) is 2.79. The van der Waals surface area contributed by atoms with Crippen LogP contribution in [0, 0.1) is 11.3 Å². The lowest BCUT2D eigenvalue weighted by molar-refractivity contribution is 0.133. The molecule has 2 N–H and O–H groups in total. The highest BCUT2D eigenvalue weighted by molar-refractivity contribution is 5.40. The van der Waals surface area contributed by atoms with Gasteiger partial charge < -0.3 is 14.9 Å². The van der Waals surface area contributed by atoms with E-state index in [0.29, 0.717) is 18.9 Å². The molecule has 76 valence electrons. The summed E-state index contributed by atoms with van der Waals surface area (Å²) in [4.78, 5) is 3.89. The molecule has 0 radical (unpaired) electrons. The van der Waals surface area contributed by atoms with Crippen LogP contribution in [0.1, 0.15) is 24.9 Å². The molecule has 0 saturated heterocycles. The third-order valence-electron chi connectivity index (χ3n) is 1.61. The largest absolute Gasteiger partial charge is 0.424 e. The zero-order valence-electron chi connectivity index (χ0n) is 8.12. The van der Waals surface area contributed by atoms with Gasteiger partial charge in [-0.25, -0.2) is 4.98 Å². The molecule has 0 amide bonds. The minimum Gasteiger partial charge on any atom is -0.424 e. The topological polar surface area (TPSA) is 85.1 Å². The fourth-order valence-corrected chi connectivity index (χ4v) is 0.971. The summed E-state index contributed by atoms with van der Waals surface area (Å²) in [5.41, 5.74) is 5.54. The Morgan fingerprint density at radius 2 is 2.36 bits per heavy atom. The van der Waals surface area contributed by atoms with Crippen LogP contribution in [0.15, 0.2) is 4.42 Å². The molecule has 0 spiro atoms. The normalized spacial score (nSPS) is 10.0. The van der Waals surface area contributed by atoms with Crippen molar-refractivity contribution in [2.45, 2.75) is 19.8 Å². The predicted octanol–water partition coefficient (Wildman–Crippen LogP) is 1.10. The lowest BCUT2D eigenvalue weighted by Crippen LogP contribution is -1.99. The van der Waals surface area contributed by atoms with E-state index in [1.807, 2.05) is 13.0 Å². The van der Waals surface area contributed by atoms with Crippen molar-refractivity contribution < 1.29 is 9.15 Å². The number of oxazole rings is 1. The van der Waals surface area contributed by atoms with Gasteiger partial charge in [0.15, 0.2) is 0 Å². The molecule has 1 heterocycles. The monoisotopic (exact) mass is 195 g/mol. The van der Waals surface area contributed by atoms with Gasteiger partial charge in [-0.2, -0.15) is 5.26 Å². The Kier molecular flexibility index (Phi) is 3.95. The van der Waals surface area contributed by atoms with E-state index in [-0.39, 0.29) is 11.6 Å². The van der Waals surface area contributed by atoms with Crippen LogP contribution in [0.4, 0.5) is 5.88 Å². The van der Waals surface area contributed by atoms with Crippen LogP contribution in [0.25, 0.3) is 0 Å². The number of nitriles is 1. The first-order valence-corrected chi connectivity index (χ1v) is 4.51. The lowest BCUT2D eigenvalue weighted by Gasteiger charge is -1.98. The van der Waals surface area contributed by atoms with Gasteiger partial charge in [0.2, 0.25) is 17.5 Å². The number of nitrogen functional groups attached to an aromatic ring is 1. The van der Waals surface area contributed by atoms with Crippen molar-refractivity contribution in [3.8, 4) is 6.07 Å². The summed E-state index contributed by atoms with van der Waals surface area (Å²) in [6.45, 7) is 3.30. The van der Waals surface area contributed by atoms with Crippen LogP contribution in [0.5, 0.6) is 0 Å². The van der Waals surface area contributed by atoms with Crippen molar-refractivity contribution in [3.63, 3.8) is 0 Å². The summed E-state index contributed by atoms with van der Waals surface area (Å²) in [6.07, 6.45) is 1.53. The predicted molar refractivity (Wildman–Crippen MR) is 50.4 cm³/mol. The fraction of sp³-hybridized carbons (Fsp3) is 0.556. The molecule has 0 aromatic carbocycles. The molecule has 5 heteroatoms. The van der Waals surface area contributed by atoms with Gasteiger partial charge in [-0.3, -0.25) is 0 Å². The Morgan fingerprint density at radius 3 is 2.93 bits per heavy atom. The number of anilines is 1. The second-order valence-corrected chi connectivity index (χ2v) is 2.79. The number of hydrogen-bond donors (Lipinski definition) is 1. The molecule has 1 rings (SSSR count). The van der Waals surface area contributed by atoms with Crippen LogP contribution in [-0.4, -0.2) is 18.2 Å². The highest BCUT2D eigenvalue weighted by Crippen LogP contribution is 2.12. The maximum absolute atomic E-state index is 8.56. The zero-order valence-corrected chi connectivity index (χ0v) is 8.12. The number of ether oxygens (including phenoxy) is 1. The van der Waals surface area contributed by atoms with Gasteiger partial charge in [0.1, 0.15) is 6.07 Å². The molecule has 1 aromatic heterocycles. The molecule has 0 aliphatic rings. The first-order valence-electron chi connectivity index (χ1n) is 4.51. The quantitative estimate of drug-likeness (QED) is 0.711. The number of rotatable bonds is 5. The van der Waals surface area contributed by atoms with E-state index in [9.17, 15) is 0 Å². The van der Waals surface area contributed by atoms with E-state index < -0.39 is 0 Å². The zero-order chi connectivity index (χ0) is 10.4. The Balaban J connectivity index is 2.40. The Hall–Kier alpha value is -1.54. The molecule has 0 saturated carbocycles. The molecule has 5 nitrogen and oxygen atoms in total. The van der Waals surface area contributed by atoms with Crippen LogP contribution in [0.2, 0.25) is 0 Å². The highest BCUT2D eigenvalue weighted by Gasteiger charge is 2.08. The van der Waals surface area contributed by atoms with Crippen LogP contribution >= 0.6 is 0 Å². The molecule has 1 aromatic rings. The maximum Gasteiger partial charge on any atom is 0.229 e. The van der Waals surface area contributed by atoms with Gasteiger partial charge in [0.25, 0.3) is 0 Å². The minimum atomic E-state index is 0.0815. The first kappa shape index (κ1) is 10.5. The van der Waals surface area contributed by atoms with Crippen molar-refractivity contribution in [1.29, 1.82) is 5.26 Å². The molecule has 0 aliphatic carbocycles.